The summed E-state index contributed by atoms with van der Waals surface area (Å²) in [6.45, 7) is 14.4. The summed E-state index contributed by atoms with van der Waals surface area (Å²) < 4.78 is 5.23. The summed E-state index contributed by atoms with van der Waals surface area (Å²) in [7, 11) is 3.03. The Balaban J connectivity index is 5.18. The van der Waals surface area contributed by atoms with Gasteiger partial charge in [-0.1, -0.05) is 27.7 Å². The predicted molar refractivity (Wildman–Crippen MR) is 125 cm³/mol. The quantitative estimate of drug-likeness (QED) is 0.314. The fourth-order valence-corrected chi connectivity index (χ4v) is 3.01. The average Bonchev–Trinajstić information content (AvgIpc) is 2.61. The second-order valence-corrected chi connectivity index (χ2v) is 10.2. The number of hydrogen-bond donors (Lipinski definition) is 4. The van der Waals surface area contributed by atoms with Crippen LogP contribution in [0, 0.1) is 11.8 Å². The number of ether oxygens (including phenoxy) is 1. The average molecular weight is 474 g/mol. The Bertz CT molecular complexity index is 677. The zero-order valence-corrected chi connectivity index (χ0v) is 21.7. The van der Waals surface area contributed by atoms with Crippen LogP contribution in [0.2, 0.25) is 0 Å². The van der Waals surface area contributed by atoms with Gasteiger partial charge in [0.25, 0.3) is 5.91 Å². The van der Waals surface area contributed by atoms with Crippen molar-refractivity contribution in [2.45, 2.75) is 92.0 Å². The molecule has 0 aromatic heterocycles. The Labute approximate surface area is 197 Å². The van der Waals surface area contributed by atoms with Gasteiger partial charge in [-0.25, -0.2) is 14.8 Å². The van der Waals surface area contributed by atoms with E-state index in [1.54, 1.807) is 27.8 Å². The molecule has 0 aliphatic carbocycles. The Morgan fingerprint density at radius 3 is 1.70 bits per heavy atom. The lowest BCUT2D eigenvalue weighted by Gasteiger charge is -2.31. The van der Waals surface area contributed by atoms with E-state index >= 15 is 0 Å². The Morgan fingerprint density at radius 2 is 1.27 bits per heavy atom. The molecule has 192 valence electrons. The second-order valence-electron chi connectivity index (χ2n) is 10.2. The highest BCUT2D eigenvalue weighted by Gasteiger charge is 2.31. The molecule has 0 aromatic carbocycles. The lowest BCUT2D eigenvalue weighted by Crippen LogP contribution is -2.58. The number of carboxylic acids is 1. The van der Waals surface area contributed by atoms with Crippen molar-refractivity contribution in [2.24, 2.45) is 11.8 Å². The van der Waals surface area contributed by atoms with Gasteiger partial charge >= 0.3 is 12.1 Å². The molecule has 33 heavy (non-hydrogen) atoms. The molecule has 0 saturated carbocycles. The van der Waals surface area contributed by atoms with Crippen molar-refractivity contribution < 1.29 is 29.0 Å². The highest BCUT2D eigenvalue weighted by Crippen LogP contribution is 2.12. The molecule has 3 atom stereocenters. The van der Waals surface area contributed by atoms with E-state index in [2.05, 4.69) is 16.2 Å². The highest BCUT2D eigenvalue weighted by atomic mass is 16.6. The van der Waals surface area contributed by atoms with Gasteiger partial charge in [0.2, 0.25) is 5.91 Å². The van der Waals surface area contributed by atoms with Crippen molar-refractivity contribution in [3.63, 3.8) is 0 Å². The number of carbonyl (C=O) groups excluding carboxylic acids is 3. The van der Waals surface area contributed by atoms with Crippen LogP contribution in [-0.4, -0.2) is 76.8 Å². The van der Waals surface area contributed by atoms with Gasteiger partial charge in [-0.3, -0.25) is 25.2 Å². The summed E-state index contributed by atoms with van der Waals surface area (Å²) in [5.74, 6) is -1.80. The molecule has 0 bridgehead atoms. The SMILES string of the molecule is CC(C)C[C@H](C(=O)O)N(C)NC(=O)[C@H](C)NC(=O)[C@@H](CC(C)C)N(C)NC(=O)OC(C)(C)C. The minimum absolute atomic E-state index is 0.118. The van der Waals surface area contributed by atoms with Crippen LogP contribution in [-0.2, 0) is 19.1 Å². The third-order valence-corrected chi connectivity index (χ3v) is 4.62. The first-order valence-electron chi connectivity index (χ1n) is 11.2. The number of carboxylic acid groups (broad SMARTS) is 1. The first-order valence-corrected chi connectivity index (χ1v) is 11.2. The van der Waals surface area contributed by atoms with Gasteiger partial charge in [0.05, 0.1) is 0 Å². The van der Waals surface area contributed by atoms with Gasteiger partial charge in [0.1, 0.15) is 23.7 Å². The number of hydrazine groups is 2. The van der Waals surface area contributed by atoms with Gasteiger partial charge in [0, 0.05) is 14.1 Å². The number of likely N-dealkylation sites (N-methyl/N-ethyl adjacent to an activating group) is 2. The summed E-state index contributed by atoms with van der Waals surface area (Å²) in [4.78, 5) is 49.2. The molecule has 0 aliphatic heterocycles. The smallest absolute Gasteiger partial charge is 0.422 e. The van der Waals surface area contributed by atoms with E-state index in [0.29, 0.717) is 12.8 Å². The largest absolute Gasteiger partial charge is 0.480 e. The fraction of sp³-hybridized carbons (Fsp3) is 0.818. The number of hydrogen-bond acceptors (Lipinski definition) is 7. The maximum atomic E-state index is 12.9. The third-order valence-electron chi connectivity index (χ3n) is 4.62. The van der Waals surface area contributed by atoms with Gasteiger partial charge in [-0.05, 0) is 52.4 Å². The minimum Gasteiger partial charge on any atom is -0.480 e. The fourth-order valence-electron chi connectivity index (χ4n) is 3.01. The van der Waals surface area contributed by atoms with Crippen molar-refractivity contribution in [1.82, 2.24) is 26.2 Å². The maximum absolute atomic E-state index is 12.9. The maximum Gasteiger partial charge on any atom is 0.422 e. The molecule has 0 heterocycles. The Kier molecular flexibility index (Phi) is 12.4. The molecular weight excluding hydrogens is 430 g/mol. The Hall–Kier alpha value is -2.40. The zero-order valence-electron chi connectivity index (χ0n) is 21.7. The van der Waals surface area contributed by atoms with Crippen molar-refractivity contribution in [2.75, 3.05) is 14.1 Å². The van der Waals surface area contributed by atoms with E-state index < -0.39 is 47.6 Å². The second kappa shape index (κ2) is 13.3. The van der Waals surface area contributed by atoms with E-state index in [9.17, 15) is 24.3 Å². The lowest BCUT2D eigenvalue weighted by molar-refractivity contribution is -0.147. The van der Waals surface area contributed by atoms with Crippen LogP contribution in [0.15, 0.2) is 0 Å². The highest BCUT2D eigenvalue weighted by molar-refractivity contribution is 5.89. The van der Waals surface area contributed by atoms with Gasteiger partial charge < -0.3 is 15.2 Å². The van der Waals surface area contributed by atoms with Crippen molar-refractivity contribution in [3.8, 4) is 0 Å². The molecule has 0 spiro atoms. The van der Waals surface area contributed by atoms with E-state index in [0.717, 1.165) is 0 Å². The lowest BCUT2D eigenvalue weighted by atomic mass is 10.0. The topological polar surface area (TPSA) is 140 Å². The van der Waals surface area contributed by atoms with Crippen LogP contribution in [0.3, 0.4) is 0 Å². The molecule has 11 heteroatoms. The normalized spacial score (nSPS) is 14.7. The number of carbonyl (C=O) groups is 4. The van der Waals surface area contributed by atoms with Crippen LogP contribution in [0.4, 0.5) is 4.79 Å². The molecule has 0 aromatic rings. The minimum atomic E-state index is -1.05. The van der Waals surface area contributed by atoms with E-state index in [1.807, 2.05) is 27.7 Å². The predicted octanol–water partition coefficient (Wildman–Crippen LogP) is 1.74. The summed E-state index contributed by atoms with van der Waals surface area (Å²) in [6.07, 6.45) is 0.0792. The van der Waals surface area contributed by atoms with Crippen LogP contribution >= 0.6 is 0 Å². The molecule has 0 fully saturated rings. The standard InChI is InChI=1S/C22H43N5O6/c1-13(2)11-16(26(9)25-21(32)33-22(6,7)8)19(29)23-15(5)18(28)24-27(10)17(20(30)31)12-14(3)4/h13-17H,11-12H2,1-10H3,(H,23,29)(H,24,28)(H,25,32)(H,30,31)/t15-,16+,17+/m0/s1. The number of aliphatic carboxylic acids is 1. The van der Waals surface area contributed by atoms with Crippen molar-refractivity contribution in [3.05, 3.63) is 0 Å². The van der Waals surface area contributed by atoms with Crippen LogP contribution in [0.1, 0.15) is 68.2 Å². The monoisotopic (exact) mass is 473 g/mol. The Morgan fingerprint density at radius 1 is 0.818 bits per heavy atom. The molecule has 11 nitrogen and oxygen atoms in total. The summed E-state index contributed by atoms with van der Waals surface area (Å²) in [6, 6.07) is -2.58. The zero-order chi connectivity index (χ0) is 26.1. The molecule has 0 saturated heterocycles. The summed E-state index contributed by atoms with van der Waals surface area (Å²) >= 11 is 0. The van der Waals surface area contributed by atoms with E-state index in [1.165, 1.54) is 24.0 Å². The molecule has 4 N–H and O–H groups in total. The van der Waals surface area contributed by atoms with E-state index in [-0.39, 0.29) is 11.8 Å². The molecule has 0 unspecified atom stereocenters. The van der Waals surface area contributed by atoms with Crippen LogP contribution < -0.4 is 16.2 Å². The molecule has 0 rings (SSSR count). The van der Waals surface area contributed by atoms with Crippen LogP contribution in [0.25, 0.3) is 0 Å². The summed E-state index contributed by atoms with van der Waals surface area (Å²) in [5, 5.41) is 14.7. The molecule has 0 aliphatic rings. The molecular formula is C22H43N5O6. The van der Waals surface area contributed by atoms with Gasteiger partial charge in [-0.2, -0.15) is 0 Å². The van der Waals surface area contributed by atoms with Crippen LogP contribution in [0.5, 0.6) is 0 Å². The number of nitrogens with one attached hydrogen (secondary N) is 3. The number of amides is 3. The summed E-state index contributed by atoms with van der Waals surface area (Å²) in [5.41, 5.74) is 4.38. The third kappa shape index (κ3) is 12.4. The first-order chi connectivity index (χ1) is 14.9. The van der Waals surface area contributed by atoms with Gasteiger partial charge in [-0.15, -0.1) is 0 Å². The molecule has 0 radical (unpaired) electrons. The molecule has 3 amide bonds. The number of rotatable bonds is 12. The van der Waals surface area contributed by atoms with Gasteiger partial charge in [0.15, 0.2) is 0 Å². The van der Waals surface area contributed by atoms with Crippen molar-refractivity contribution in [1.29, 1.82) is 0 Å². The first kappa shape index (κ1) is 30.6. The van der Waals surface area contributed by atoms with Crippen molar-refractivity contribution >= 4 is 23.9 Å². The number of nitrogens with zero attached hydrogens (tertiary/aromatic N) is 2. The van der Waals surface area contributed by atoms with E-state index in [4.69, 9.17) is 4.74 Å².